The van der Waals surface area contributed by atoms with Crippen molar-refractivity contribution in [3.63, 3.8) is 0 Å². The number of carbonyl (C=O) groups is 1. The first kappa shape index (κ1) is 14.8. The van der Waals surface area contributed by atoms with Gasteiger partial charge in [0.25, 0.3) is 0 Å². The number of carboxylic acid groups (broad SMARTS) is 1. The van der Waals surface area contributed by atoms with Crippen LogP contribution < -0.4 is 0 Å². The summed E-state index contributed by atoms with van der Waals surface area (Å²) in [5.74, 6) is -0.578. The molecular weight excluding hydrogens is 330 g/mol. The van der Waals surface area contributed by atoms with Gasteiger partial charge in [0.1, 0.15) is 5.69 Å². The Balaban J connectivity index is 1.85. The summed E-state index contributed by atoms with van der Waals surface area (Å²) in [5.41, 5.74) is 0.827. The smallest absolute Gasteiger partial charge is 0.356 e. The molecule has 0 saturated carbocycles. The maximum Gasteiger partial charge on any atom is 0.356 e. The molecular formula is C13H10ClN3O4S. The number of hydrogen-bond donors (Lipinski definition) is 2. The van der Waals surface area contributed by atoms with Crippen LogP contribution in [0.1, 0.15) is 21.9 Å². The molecule has 3 aromatic rings. The highest BCUT2D eigenvalue weighted by atomic mass is 35.5. The van der Waals surface area contributed by atoms with Gasteiger partial charge in [-0.05, 0) is 18.2 Å². The zero-order chi connectivity index (χ0) is 15.7. The highest BCUT2D eigenvalue weighted by Gasteiger charge is 2.15. The van der Waals surface area contributed by atoms with Gasteiger partial charge in [-0.25, -0.2) is 4.79 Å². The third kappa shape index (κ3) is 2.89. The number of thiophene rings is 1. The van der Waals surface area contributed by atoms with Gasteiger partial charge in [0.15, 0.2) is 11.5 Å². The largest absolute Gasteiger partial charge is 0.476 e. The summed E-state index contributed by atoms with van der Waals surface area (Å²) in [4.78, 5) is 11.8. The number of aliphatic hydroxyl groups is 1. The summed E-state index contributed by atoms with van der Waals surface area (Å²) < 4.78 is 7.27. The van der Waals surface area contributed by atoms with Crippen molar-refractivity contribution in [1.82, 2.24) is 14.9 Å². The van der Waals surface area contributed by atoms with E-state index < -0.39 is 5.97 Å². The van der Waals surface area contributed by atoms with Gasteiger partial charge in [-0.15, -0.1) is 11.3 Å². The maximum absolute atomic E-state index is 10.9. The Morgan fingerprint density at radius 2 is 2.23 bits per heavy atom. The predicted molar refractivity (Wildman–Crippen MR) is 79.0 cm³/mol. The van der Waals surface area contributed by atoms with E-state index in [0.717, 1.165) is 4.88 Å². The summed E-state index contributed by atoms with van der Waals surface area (Å²) in [6, 6.07) is 6.64. The van der Waals surface area contributed by atoms with Crippen molar-refractivity contribution < 1.29 is 19.5 Å². The van der Waals surface area contributed by atoms with Crippen LogP contribution in [0, 0.1) is 0 Å². The second kappa shape index (κ2) is 5.91. The van der Waals surface area contributed by atoms with Gasteiger partial charge < -0.3 is 14.7 Å². The average Bonchev–Trinajstić information content (AvgIpc) is 3.18. The second-order valence-corrected chi connectivity index (χ2v) is 6.14. The van der Waals surface area contributed by atoms with Crippen molar-refractivity contribution in [3.05, 3.63) is 45.7 Å². The van der Waals surface area contributed by atoms with E-state index in [4.69, 9.17) is 21.2 Å². The Morgan fingerprint density at radius 3 is 2.86 bits per heavy atom. The lowest BCUT2D eigenvalue weighted by molar-refractivity contribution is 0.0689. The zero-order valence-electron chi connectivity index (χ0n) is 11.1. The Morgan fingerprint density at radius 1 is 1.41 bits per heavy atom. The third-order valence-corrected chi connectivity index (χ3v) is 4.18. The van der Waals surface area contributed by atoms with Crippen LogP contribution in [0.15, 0.2) is 28.8 Å². The first-order valence-electron chi connectivity index (χ1n) is 6.19. The van der Waals surface area contributed by atoms with Crippen LogP contribution in [0.2, 0.25) is 4.34 Å². The van der Waals surface area contributed by atoms with Crippen LogP contribution in [0.4, 0.5) is 0 Å². The van der Waals surface area contributed by atoms with E-state index in [0.29, 0.717) is 21.5 Å². The fraction of sp³-hybridized carbons (Fsp3) is 0.154. The molecule has 0 bridgehead atoms. The summed E-state index contributed by atoms with van der Waals surface area (Å²) in [5, 5.41) is 26.0. The Labute approximate surface area is 133 Å². The van der Waals surface area contributed by atoms with E-state index in [1.54, 1.807) is 12.1 Å². The first-order valence-corrected chi connectivity index (χ1v) is 7.38. The molecule has 0 unspecified atom stereocenters. The van der Waals surface area contributed by atoms with E-state index >= 15 is 0 Å². The summed E-state index contributed by atoms with van der Waals surface area (Å²) in [7, 11) is 0. The van der Waals surface area contributed by atoms with Crippen molar-refractivity contribution in [2.45, 2.75) is 13.2 Å². The molecule has 0 aliphatic rings. The number of aliphatic hydroxyl groups excluding tert-OH is 1. The van der Waals surface area contributed by atoms with Gasteiger partial charge in [-0.3, -0.25) is 4.68 Å². The van der Waals surface area contributed by atoms with Gasteiger partial charge in [-0.1, -0.05) is 16.8 Å². The van der Waals surface area contributed by atoms with E-state index in [9.17, 15) is 9.90 Å². The standard InChI is InChI=1S/C13H10ClN3O4S/c14-12-2-1-11(22-12)10-3-7(16-21-10)5-17-8(6-18)4-9(15-17)13(19)20/h1-4,18H,5-6H2,(H,19,20). The molecule has 0 aliphatic carbocycles. The molecule has 3 aromatic heterocycles. The van der Waals surface area contributed by atoms with Crippen LogP contribution in [0.5, 0.6) is 0 Å². The van der Waals surface area contributed by atoms with Gasteiger partial charge in [-0.2, -0.15) is 5.10 Å². The average molecular weight is 340 g/mol. The molecule has 0 amide bonds. The number of hydrogen-bond acceptors (Lipinski definition) is 6. The predicted octanol–water partition coefficient (Wildman–Crippen LogP) is 2.49. The van der Waals surface area contributed by atoms with Crippen LogP contribution >= 0.6 is 22.9 Å². The van der Waals surface area contributed by atoms with Gasteiger partial charge in [0.2, 0.25) is 0 Å². The molecule has 0 atom stereocenters. The Bertz CT molecular complexity index is 823. The van der Waals surface area contributed by atoms with Crippen LogP contribution in [-0.4, -0.2) is 31.1 Å². The molecule has 0 radical (unpaired) electrons. The molecule has 0 fully saturated rings. The highest BCUT2D eigenvalue weighted by Crippen LogP contribution is 2.31. The van der Waals surface area contributed by atoms with Crippen LogP contribution in [-0.2, 0) is 13.2 Å². The van der Waals surface area contributed by atoms with Crippen molar-refractivity contribution in [2.75, 3.05) is 0 Å². The molecule has 7 nitrogen and oxygen atoms in total. The molecule has 9 heteroatoms. The fourth-order valence-corrected chi connectivity index (χ4v) is 2.92. The van der Waals surface area contributed by atoms with Crippen LogP contribution in [0.25, 0.3) is 10.6 Å². The minimum atomic E-state index is -1.15. The summed E-state index contributed by atoms with van der Waals surface area (Å²) in [6.45, 7) is -0.114. The highest BCUT2D eigenvalue weighted by molar-refractivity contribution is 7.19. The maximum atomic E-state index is 10.9. The van der Waals surface area contributed by atoms with E-state index in [2.05, 4.69) is 10.3 Å². The molecule has 0 spiro atoms. The molecule has 0 saturated heterocycles. The van der Waals surface area contributed by atoms with Crippen molar-refractivity contribution >= 4 is 28.9 Å². The molecule has 0 aliphatic heterocycles. The number of carboxylic acids is 1. The minimum absolute atomic E-state index is 0.127. The number of halogens is 1. The van der Waals surface area contributed by atoms with E-state index in [1.165, 1.54) is 22.1 Å². The SMILES string of the molecule is O=C(O)c1cc(CO)n(Cc2cc(-c3ccc(Cl)s3)on2)n1. The van der Waals surface area contributed by atoms with Crippen molar-refractivity contribution in [2.24, 2.45) is 0 Å². The molecule has 2 N–H and O–H groups in total. The molecule has 114 valence electrons. The third-order valence-electron chi connectivity index (χ3n) is 2.93. The lowest BCUT2D eigenvalue weighted by Gasteiger charge is -2.01. The lowest BCUT2D eigenvalue weighted by Crippen LogP contribution is -2.07. The molecule has 3 heterocycles. The van der Waals surface area contributed by atoms with Gasteiger partial charge >= 0.3 is 5.97 Å². The van der Waals surface area contributed by atoms with Gasteiger partial charge in [0, 0.05) is 6.07 Å². The molecule has 3 rings (SSSR count). The van der Waals surface area contributed by atoms with Gasteiger partial charge in [0.05, 0.1) is 28.1 Å². The number of rotatable bonds is 5. The van der Waals surface area contributed by atoms with E-state index in [-0.39, 0.29) is 18.8 Å². The number of aromatic carboxylic acids is 1. The monoisotopic (exact) mass is 339 g/mol. The minimum Gasteiger partial charge on any atom is -0.476 e. The van der Waals surface area contributed by atoms with Crippen LogP contribution in [0.3, 0.4) is 0 Å². The molecule has 22 heavy (non-hydrogen) atoms. The fourth-order valence-electron chi connectivity index (χ4n) is 1.93. The Hall–Kier alpha value is -2.16. The molecule has 0 aromatic carbocycles. The lowest BCUT2D eigenvalue weighted by atomic mass is 10.3. The first-order chi connectivity index (χ1) is 10.6. The van der Waals surface area contributed by atoms with E-state index in [1.807, 2.05) is 6.07 Å². The quantitative estimate of drug-likeness (QED) is 0.740. The normalized spacial score (nSPS) is 11.0. The number of aromatic nitrogens is 3. The Kier molecular flexibility index (Phi) is 3.97. The second-order valence-electron chi connectivity index (χ2n) is 4.43. The summed E-state index contributed by atoms with van der Waals surface area (Å²) >= 11 is 7.25. The van der Waals surface area contributed by atoms with Crippen molar-refractivity contribution in [3.8, 4) is 10.6 Å². The van der Waals surface area contributed by atoms with Crippen molar-refractivity contribution in [1.29, 1.82) is 0 Å². The topological polar surface area (TPSA) is 101 Å². The zero-order valence-corrected chi connectivity index (χ0v) is 12.6. The summed E-state index contributed by atoms with van der Waals surface area (Å²) in [6.07, 6.45) is 0. The number of nitrogens with zero attached hydrogens (tertiary/aromatic N) is 3.